The van der Waals surface area contributed by atoms with Gasteiger partial charge in [0.25, 0.3) is 0 Å². The van der Waals surface area contributed by atoms with Crippen molar-refractivity contribution in [1.82, 2.24) is 9.97 Å². The molecule has 0 fully saturated rings. The fourth-order valence-corrected chi connectivity index (χ4v) is 5.22. The first kappa shape index (κ1) is 33.2. The first-order valence-electron chi connectivity index (χ1n) is 13.1. The van der Waals surface area contributed by atoms with Crippen LogP contribution in [0.5, 0.6) is 0 Å². The second-order valence-corrected chi connectivity index (χ2v) is 11.9. The third-order valence-corrected chi connectivity index (χ3v) is 7.64. The highest BCUT2D eigenvalue weighted by Gasteiger charge is 2.09. The number of anilines is 1. The van der Waals surface area contributed by atoms with Gasteiger partial charge in [-0.2, -0.15) is 0 Å². The van der Waals surface area contributed by atoms with Gasteiger partial charge in [0.15, 0.2) is 0 Å². The molecule has 0 radical (unpaired) electrons. The summed E-state index contributed by atoms with van der Waals surface area (Å²) < 4.78 is 34.3. The van der Waals surface area contributed by atoms with Gasteiger partial charge in [-0.15, -0.1) is 11.3 Å². The summed E-state index contributed by atoms with van der Waals surface area (Å²) in [4.78, 5) is 10.3. The third-order valence-electron chi connectivity index (χ3n) is 5.27. The van der Waals surface area contributed by atoms with Crippen LogP contribution in [0.1, 0.15) is 64.2 Å². The molecule has 0 aliphatic carbocycles. The van der Waals surface area contributed by atoms with Crippen LogP contribution in [0.3, 0.4) is 0 Å². The summed E-state index contributed by atoms with van der Waals surface area (Å²) in [6, 6.07) is 13.2. The number of nitrogen functional groups attached to an aromatic ring is 1. The van der Waals surface area contributed by atoms with Crippen LogP contribution in [0.4, 0.5) is 10.1 Å². The lowest BCUT2D eigenvalue weighted by molar-refractivity contribution is 0.600. The van der Waals surface area contributed by atoms with Crippen LogP contribution in [0.25, 0.3) is 20.8 Å². The van der Waals surface area contributed by atoms with Gasteiger partial charge >= 0.3 is 0 Å². The first-order chi connectivity index (χ1) is 18.1. The van der Waals surface area contributed by atoms with E-state index in [1.165, 1.54) is 33.0 Å². The van der Waals surface area contributed by atoms with Gasteiger partial charge in [-0.1, -0.05) is 53.2 Å². The molecule has 0 spiro atoms. The summed E-state index contributed by atoms with van der Waals surface area (Å²) in [7, 11) is -2.67. The minimum atomic E-state index is -2.67. The van der Waals surface area contributed by atoms with E-state index in [2.05, 4.69) is 48.1 Å². The zero-order chi connectivity index (χ0) is 28.7. The number of halogens is 1. The Balaban J connectivity index is 0.000000333. The number of fused-ring (bicyclic) bond motifs is 1. The maximum absolute atomic E-state index is 12.5. The molecule has 4 aromatic rings. The number of benzene rings is 1. The topological polar surface area (TPSA) is 85.9 Å². The Bertz CT molecular complexity index is 1350. The van der Waals surface area contributed by atoms with Gasteiger partial charge in [0.1, 0.15) is 15.7 Å². The van der Waals surface area contributed by atoms with Crippen LogP contribution in [0.2, 0.25) is 0 Å². The van der Waals surface area contributed by atoms with Crippen LogP contribution >= 0.6 is 11.3 Å². The lowest BCUT2D eigenvalue weighted by Gasteiger charge is -1.99. The standard InChI is InChI=1S/C17H18N2S.C7H8FN.C4H10O2S.C2H6/c1-3-5-13-8-9-18-15-10-16(20-17(13)15)14-7-6-12(4-2)11-19-14;1-5-2-3-6(9)4-7(5)8;1-3-4-7(2,5)6;1-2/h6-11H,3-5H2,1-2H3;2-4H,9H2,1H3;3-4H2,1-2H3;1-2H3. The molecule has 208 valence electrons. The van der Waals surface area contributed by atoms with Crippen molar-refractivity contribution in [1.29, 1.82) is 0 Å². The molecule has 0 atom stereocenters. The van der Waals surface area contributed by atoms with Gasteiger partial charge in [-0.25, -0.2) is 12.8 Å². The molecular weight excluding hydrogens is 517 g/mol. The second-order valence-electron chi connectivity index (χ2n) is 8.59. The number of nitrogens with zero attached hydrogens (tertiary/aromatic N) is 2. The average molecular weight is 560 g/mol. The SMILES string of the molecule is CC.CCCS(C)(=O)=O.CCCc1ccnc2cc(-c3ccc(CC)cn3)sc12.Cc1ccc(N)cc1F. The molecule has 1 aromatic carbocycles. The van der Waals surface area contributed by atoms with E-state index in [1.54, 1.807) is 30.4 Å². The Kier molecular flexibility index (Phi) is 14.8. The van der Waals surface area contributed by atoms with E-state index in [4.69, 9.17) is 5.73 Å². The maximum Gasteiger partial charge on any atom is 0.147 e. The van der Waals surface area contributed by atoms with Crippen molar-refractivity contribution in [2.45, 2.75) is 67.2 Å². The predicted molar refractivity (Wildman–Crippen MR) is 163 cm³/mol. The highest BCUT2D eigenvalue weighted by molar-refractivity contribution is 7.90. The molecular formula is C30H42FN3O2S2. The van der Waals surface area contributed by atoms with E-state index in [9.17, 15) is 12.8 Å². The highest BCUT2D eigenvalue weighted by Crippen LogP contribution is 2.33. The number of hydrogen-bond acceptors (Lipinski definition) is 6. The van der Waals surface area contributed by atoms with Crippen LogP contribution < -0.4 is 5.73 Å². The molecule has 8 heteroatoms. The number of aryl methyl sites for hydroxylation is 3. The zero-order valence-corrected chi connectivity index (χ0v) is 25.3. The number of nitrogens with two attached hydrogens (primary N) is 1. The van der Waals surface area contributed by atoms with Crippen LogP contribution in [-0.2, 0) is 22.7 Å². The fourth-order valence-electron chi connectivity index (χ4n) is 3.34. The van der Waals surface area contributed by atoms with E-state index in [0.717, 1.165) is 36.9 Å². The number of aromatic nitrogens is 2. The summed E-state index contributed by atoms with van der Waals surface area (Å²) in [6.45, 7) is 11.9. The van der Waals surface area contributed by atoms with Crippen molar-refractivity contribution in [3.05, 3.63) is 77.4 Å². The Hall–Kier alpha value is -2.84. The normalized spacial score (nSPS) is 10.4. The van der Waals surface area contributed by atoms with Gasteiger partial charge in [0.05, 0.1) is 20.8 Å². The van der Waals surface area contributed by atoms with Gasteiger partial charge in [-0.05, 0) is 73.2 Å². The monoisotopic (exact) mass is 559 g/mol. The smallest absolute Gasteiger partial charge is 0.147 e. The van der Waals surface area contributed by atoms with Gasteiger partial charge in [0, 0.05) is 30.1 Å². The number of hydrogen-bond donors (Lipinski definition) is 1. The number of thiophene rings is 1. The van der Waals surface area contributed by atoms with E-state index < -0.39 is 9.84 Å². The molecule has 3 aromatic heterocycles. The van der Waals surface area contributed by atoms with Crippen molar-refractivity contribution in [3.63, 3.8) is 0 Å². The van der Waals surface area contributed by atoms with Crippen LogP contribution in [0.15, 0.2) is 54.9 Å². The molecule has 0 bridgehead atoms. The lowest BCUT2D eigenvalue weighted by atomic mass is 10.1. The molecule has 0 aliphatic rings. The van der Waals surface area contributed by atoms with Crippen LogP contribution in [-0.4, -0.2) is 30.4 Å². The van der Waals surface area contributed by atoms with Crippen LogP contribution in [0, 0.1) is 12.7 Å². The van der Waals surface area contributed by atoms with Crippen molar-refractivity contribution in [2.75, 3.05) is 17.7 Å². The summed E-state index contributed by atoms with van der Waals surface area (Å²) in [5, 5.41) is 0. The number of rotatable bonds is 6. The molecule has 0 saturated heterocycles. The molecule has 5 nitrogen and oxygen atoms in total. The number of sulfone groups is 1. The minimum absolute atomic E-state index is 0.241. The van der Waals surface area contributed by atoms with Crippen molar-refractivity contribution in [2.24, 2.45) is 0 Å². The van der Waals surface area contributed by atoms with Crippen molar-refractivity contribution >= 4 is 37.1 Å². The molecule has 3 heterocycles. The summed E-state index contributed by atoms with van der Waals surface area (Å²) in [6.07, 6.45) is 9.16. The maximum atomic E-state index is 12.5. The fraction of sp³-hybridized carbons (Fsp3) is 0.400. The molecule has 0 unspecified atom stereocenters. The average Bonchev–Trinajstić information content (AvgIpc) is 3.33. The van der Waals surface area contributed by atoms with E-state index in [-0.39, 0.29) is 5.82 Å². The first-order valence-corrected chi connectivity index (χ1v) is 16.0. The van der Waals surface area contributed by atoms with E-state index in [1.807, 2.05) is 33.2 Å². The highest BCUT2D eigenvalue weighted by atomic mass is 32.2. The van der Waals surface area contributed by atoms with Gasteiger partial charge < -0.3 is 5.73 Å². The largest absolute Gasteiger partial charge is 0.399 e. The van der Waals surface area contributed by atoms with Gasteiger partial charge in [0.2, 0.25) is 0 Å². The Morgan fingerprint density at radius 2 is 1.68 bits per heavy atom. The molecule has 0 saturated carbocycles. The zero-order valence-electron chi connectivity index (χ0n) is 23.7. The minimum Gasteiger partial charge on any atom is -0.399 e. The quantitative estimate of drug-likeness (QED) is 0.242. The second kappa shape index (κ2) is 16.9. The molecule has 0 aliphatic heterocycles. The van der Waals surface area contributed by atoms with E-state index in [0.29, 0.717) is 17.0 Å². The molecule has 2 N–H and O–H groups in total. The summed E-state index contributed by atoms with van der Waals surface area (Å²) in [5.74, 6) is 0.0718. The Labute approximate surface area is 232 Å². The van der Waals surface area contributed by atoms with Gasteiger partial charge in [-0.3, -0.25) is 9.97 Å². The summed E-state index contributed by atoms with van der Waals surface area (Å²) in [5.41, 5.74) is 11.2. The molecule has 4 rings (SSSR count). The summed E-state index contributed by atoms with van der Waals surface area (Å²) >= 11 is 1.81. The number of pyridine rings is 2. The Morgan fingerprint density at radius 1 is 0.974 bits per heavy atom. The van der Waals surface area contributed by atoms with Crippen molar-refractivity contribution < 1.29 is 12.8 Å². The lowest BCUT2D eigenvalue weighted by Crippen LogP contribution is -2.00. The third kappa shape index (κ3) is 11.3. The van der Waals surface area contributed by atoms with Crippen molar-refractivity contribution in [3.8, 4) is 10.6 Å². The predicted octanol–water partition coefficient (Wildman–Crippen LogP) is 8.06. The van der Waals surface area contributed by atoms with E-state index >= 15 is 0 Å². The Morgan fingerprint density at radius 3 is 2.16 bits per heavy atom. The molecule has 38 heavy (non-hydrogen) atoms. The molecule has 0 amide bonds.